The molecule has 2 aromatic rings. The number of amides is 1. The Labute approximate surface area is 131 Å². The second-order valence-corrected chi connectivity index (χ2v) is 5.90. The van der Waals surface area contributed by atoms with Gasteiger partial charge in [0.05, 0.1) is 6.10 Å². The molecule has 1 amide bonds. The zero-order valence-corrected chi connectivity index (χ0v) is 12.6. The lowest BCUT2D eigenvalue weighted by molar-refractivity contribution is -0.127. The zero-order chi connectivity index (χ0) is 15.4. The summed E-state index contributed by atoms with van der Waals surface area (Å²) in [7, 11) is 0. The van der Waals surface area contributed by atoms with Gasteiger partial charge >= 0.3 is 0 Å². The summed E-state index contributed by atoms with van der Waals surface area (Å²) in [5.74, 6) is 0.140. The summed E-state index contributed by atoms with van der Waals surface area (Å²) in [5, 5.41) is 10.5. The standard InChI is InChI=1S/C19H21NO2/c21-18-13-17(19(22)16-9-5-2-6-10-16)14-20(18)12-11-15-7-3-1-4-8-15/h1-10,17,19,22H,11-14H2. The van der Waals surface area contributed by atoms with Gasteiger partial charge < -0.3 is 10.0 Å². The van der Waals surface area contributed by atoms with Gasteiger partial charge in [-0.05, 0) is 17.5 Å². The van der Waals surface area contributed by atoms with E-state index in [1.54, 1.807) is 0 Å². The highest BCUT2D eigenvalue weighted by molar-refractivity contribution is 5.78. The second kappa shape index (κ2) is 6.75. The summed E-state index contributed by atoms with van der Waals surface area (Å²) in [6.07, 6.45) is 0.734. The van der Waals surface area contributed by atoms with E-state index in [0.717, 1.165) is 18.5 Å². The van der Waals surface area contributed by atoms with Gasteiger partial charge in [-0.15, -0.1) is 0 Å². The van der Waals surface area contributed by atoms with E-state index < -0.39 is 6.10 Å². The third-order valence-electron chi connectivity index (χ3n) is 4.35. The van der Waals surface area contributed by atoms with E-state index >= 15 is 0 Å². The number of aliphatic hydroxyl groups is 1. The first kappa shape index (κ1) is 14.8. The van der Waals surface area contributed by atoms with Crippen LogP contribution in [-0.2, 0) is 11.2 Å². The van der Waals surface area contributed by atoms with Crippen LogP contribution in [0.15, 0.2) is 60.7 Å². The van der Waals surface area contributed by atoms with Crippen molar-refractivity contribution in [3.63, 3.8) is 0 Å². The number of rotatable bonds is 5. The van der Waals surface area contributed by atoms with Gasteiger partial charge in [-0.1, -0.05) is 60.7 Å². The molecule has 0 spiro atoms. The van der Waals surface area contributed by atoms with Crippen LogP contribution >= 0.6 is 0 Å². The van der Waals surface area contributed by atoms with E-state index in [9.17, 15) is 9.90 Å². The smallest absolute Gasteiger partial charge is 0.223 e. The highest BCUT2D eigenvalue weighted by Gasteiger charge is 2.34. The van der Waals surface area contributed by atoms with Crippen LogP contribution < -0.4 is 0 Å². The number of aliphatic hydroxyl groups excluding tert-OH is 1. The Morgan fingerprint density at radius 3 is 2.36 bits per heavy atom. The van der Waals surface area contributed by atoms with Gasteiger partial charge in [-0.3, -0.25) is 4.79 Å². The van der Waals surface area contributed by atoms with Crippen molar-refractivity contribution < 1.29 is 9.90 Å². The van der Waals surface area contributed by atoms with Gasteiger partial charge in [0.1, 0.15) is 0 Å². The Bertz CT molecular complexity index is 612. The third-order valence-corrected chi connectivity index (χ3v) is 4.35. The van der Waals surface area contributed by atoms with Crippen LogP contribution in [0.5, 0.6) is 0 Å². The summed E-state index contributed by atoms with van der Waals surface area (Å²) in [4.78, 5) is 14.0. The van der Waals surface area contributed by atoms with Crippen molar-refractivity contribution >= 4 is 5.91 Å². The normalized spacial score (nSPS) is 19.4. The van der Waals surface area contributed by atoms with E-state index in [1.165, 1.54) is 5.56 Å². The first-order chi connectivity index (χ1) is 10.7. The van der Waals surface area contributed by atoms with Crippen molar-refractivity contribution in [3.05, 3.63) is 71.8 Å². The molecular weight excluding hydrogens is 274 g/mol. The fourth-order valence-electron chi connectivity index (χ4n) is 3.06. The minimum Gasteiger partial charge on any atom is -0.388 e. The summed E-state index contributed by atoms with van der Waals surface area (Å²) < 4.78 is 0. The van der Waals surface area contributed by atoms with E-state index in [1.807, 2.05) is 53.4 Å². The van der Waals surface area contributed by atoms with Crippen LogP contribution in [0.4, 0.5) is 0 Å². The summed E-state index contributed by atoms with van der Waals surface area (Å²) in [6, 6.07) is 19.8. The largest absolute Gasteiger partial charge is 0.388 e. The summed E-state index contributed by atoms with van der Waals surface area (Å²) in [5.41, 5.74) is 2.13. The van der Waals surface area contributed by atoms with E-state index in [0.29, 0.717) is 13.0 Å². The maximum Gasteiger partial charge on any atom is 0.223 e. The lowest BCUT2D eigenvalue weighted by Gasteiger charge is -2.20. The molecular formula is C19H21NO2. The number of hydrogen-bond acceptors (Lipinski definition) is 2. The topological polar surface area (TPSA) is 40.5 Å². The number of benzene rings is 2. The highest BCUT2D eigenvalue weighted by Crippen LogP contribution is 2.30. The number of carbonyl (C=O) groups excluding carboxylic acids is 1. The second-order valence-electron chi connectivity index (χ2n) is 5.90. The van der Waals surface area contributed by atoms with Gasteiger partial charge in [0.15, 0.2) is 0 Å². The van der Waals surface area contributed by atoms with Crippen LogP contribution in [0.3, 0.4) is 0 Å². The molecule has 3 nitrogen and oxygen atoms in total. The molecule has 1 aliphatic rings. The minimum absolute atomic E-state index is 0.00864. The van der Waals surface area contributed by atoms with Crippen LogP contribution in [0.1, 0.15) is 23.7 Å². The van der Waals surface area contributed by atoms with Crippen LogP contribution in [-0.4, -0.2) is 29.0 Å². The van der Waals surface area contributed by atoms with Crippen molar-refractivity contribution in [2.75, 3.05) is 13.1 Å². The first-order valence-corrected chi connectivity index (χ1v) is 7.79. The Morgan fingerprint density at radius 2 is 1.68 bits per heavy atom. The van der Waals surface area contributed by atoms with Crippen molar-refractivity contribution in [2.45, 2.75) is 18.9 Å². The average molecular weight is 295 g/mol. The highest BCUT2D eigenvalue weighted by atomic mass is 16.3. The Balaban J connectivity index is 1.59. The Kier molecular flexibility index (Phi) is 4.54. The molecule has 3 rings (SSSR count). The van der Waals surface area contributed by atoms with Crippen molar-refractivity contribution in [3.8, 4) is 0 Å². The predicted octanol–water partition coefficient (Wildman–Crippen LogP) is 2.81. The lowest BCUT2D eigenvalue weighted by atomic mass is 9.95. The number of carbonyl (C=O) groups is 1. The molecule has 0 aromatic heterocycles. The van der Waals surface area contributed by atoms with Crippen molar-refractivity contribution in [1.29, 1.82) is 0 Å². The van der Waals surface area contributed by atoms with Crippen LogP contribution in [0.2, 0.25) is 0 Å². The van der Waals surface area contributed by atoms with E-state index in [4.69, 9.17) is 0 Å². The number of hydrogen-bond donors (Lipinski definition) is 1. The molecule has 2 atom stereocenters. The minimum atomic E-state index is -0.563. The lowest BCUT2D eigenvalue weighted by Crippen LogP contribution is -2.28. The molecule has 1 aliphatic heterocycles. The average Bonchev–Trinajstić information content (AvgIpc) is 2.95. The van der Waals surface area contributed by atoms with Crippen molar-refractivity contribution in [2.24, 2.45) is 5.92 Å². The molecule has 1 heterocycles. The molecule has 22 heavy (non-hydrogen) atoms. The summed E-state index contributed by atoms with van der Waals surface area (Å²) >= 11 is 0. The maximum absolute atomic E-state index is 12.2. The molecule has 1 N–H and O–H groups in total. The fraction of sp³-hybridized carbons (Fsp3) is 0.316. The Hall–Kier alpha value is -2.13. The van der Waals surface area contributed by atoms with Gasteiger partial charge in [0, 0.05) is 25.4 Å². The van der Waals surface area contributed by atoms with Gasteiger partial charge in [0.25, 0.3) is 0 Å². The van der Waals surface area contributed by atoms with Crippen LogP contribution in [0.25, 0.3) is 0 Å². The van der Waals surface area contributed by atoms with Crippen molar-refractivity contribution in [1.82, 2.24) is 4.90 Å². The molecule has 1 fully saturated rings. The molecule has 114 valence electrons. The first-order valence-electron chi connectivity index (χ1n) is 7.79. The zero-order valence-electron chi connectivity index (χ0n) is 12.6. The maximum atomic E-state index is 12.2. The number of nitrogens with zero attached hydrogens (tertiary/aromatic N) is 1. The van der Waals surface area contributed by atoms with Gasteiger partial charge in [-0.2, -0.15) is 0 Å². The molecule has 2 aromatic carbocycles. The monoisotopic (exact) mass is 295 g/mol. The van der Waals surface area contributed by atoms with E-state index in [2.05, 4.69) is 12.1 Å². The van der Waals surface area contributed by atoms with Gasteiger partial charge in [0.2, 0.25) is 5.91 Å². The van der Waals surface area contributed by atoms with Gasteiger partial charge in [-0.25, -0.2) is 0 Å². The molecule has 0 bridgehead atoms. The number of likely N-dealkylation sites (tertiary alicyclic amines) is 1. The van der Waals surface area contributed by atoms with Crippen LogP contribution in [0, 0.1) is 5.92 Å². The Morgan fingerprint density at radius 1 is 1.05 bits per heavy atom. The quantitative estimate of drug-likeness (QED) is 0.921. The molecule has 0 saturated carbocycles. The molecule has 0 radical (unpaired) electrons. The predicted molar refractivity (Wildman–Crippen MR) is 86.2 cm³/mol. The fourth-order valence-corrected chi connectivity index (χ4v) is 3.06. The summed E-state index contributed by atoms with van der Waals surface area (Å²) in [6.45, 7) is 1.36. The molecule has 2 unspecified atom stereocenters. The third kappa shape index (κ3) is 3.37. The molecule has 3 heteroatoms. The molecule has 1 saturated heterocycles. The SMILES string of the molecule is O=C1CC(C(O)c2ccccc2)CN1CCc1ccccc1. The van der Waals surface area contributed by atoms with E-state index in [-0.39, 0.29) is 11.8 Å². The molecule has 0 aliphatic carbocycles.